The van der Waals surface area contributed by atoms with Crippen molar-refractivity contribution in [1.29, 1.82) is 0 Å². The van der Waals surface area contributed by atoms with E-state index in [0.29, 0.717) is 5.92 Å². The highest BCUT2D eigenvalue weighted by atomic mass is 14.0. The van der Waals surface area contributed by atoms with E-state index in [1.54, 1.807) is 0 Å². The maximum absolute atomic E-state index is 2.26. The second-order valence-electron chi connectivity index (χ2n) is 3.64. The average molecular weight is 190 g/mol. The van der Waals surface area contributed by atoms with Crippen LogP contribution < -0.4 is 0 Å². The van der Waals surface area contributed by atoms with Crippen LogP contribution in [-0.2, 0) is 0 Å². The molecule has 0 aliphatic heterocycles. The fraction of sp³-hybridized carbons (Fsp3) is 0.429. The largest absolute Gasteiger partial charge is 0.0842 e. The van der Waals surface area contributed by atoms with Crippen molar-refractivity contribution in [3.8, 4) is 0 Å². The minimum Gasteiger partial charge on any atom is -0.0842 e. The Bertz CT molecular complexity index is 282. The molecular formula is C14H22. The average Bonchev–Trinajstić information content (AvgIpc) is 2.15. The maximum atomic E-state index is 2.26. The van der Waals surface area contributed by atoms with Crippen LogP contribution in [0, 0.1) is 0 Å². The maximum Gasteiger partial charge on any atom is -0.0219 e. The molecule has 1 aromatic rings. The molecule has 78 valence electrons. The normalized spacial score (nSPS) is 10.6. The Kier molecular flexibility index (Phi) is 5.94. The summed E-state index contributed by atoms with van der Waals surface area (Å²) in [5.41, 5.74) is 2.73. The van der Waals surface area contributed by atoms with Crippen LogP contribution in [0.2, 0.25) is 0 Å². The fourth-order valence-corrected chi connectivity index (χ4v) is 1.28. The third kappa shape index (κ3) is 3.78. The Hall–Kier alpha value is -1.04. The quantitative estimate of drug-likeness (QED) is 0.638. The van der Waals surface area contributed by atoms with Crippen LogP contribution in [-0.4, -0.2) is 0 Å². The van der Waals surface area contributed by atoms with Gasteiger partial charge in [0.25, 0.3) is 0 Å². The summed E-state index contributed by atoms with van der Waals surface area (Å²) in [4.78, 5) is 0. The second-order valence-corrected chi connectivity index (χ2v) is 3.64. The van der Waals surface area contributed by atoms with Gasteiger partial charge >= 0.3 is 0 Å². The molecular weight excluding hydrogens is 168 g/mol. The van der Waals surface area contributed by atoms with Gasteiger partial charge in [-0.1, -0.05) is 64.6 Å². The summed E-state index contributed by atoms with van der Waals surface area (Å²) in [7, 11) is 0. The van der Waals surface area contributed by atoms with Gasteiger partial charge in [-0.2, -0.15) is 0 Å². The van der Waals surface area contributed by atoms with Crippen LogP contribution in [0.25, 0.3) is 6.08 Å². The zero-order valence-corrected chi connectivity index (χ0v) is 8.75. The van der Waals surface area contributed by atoms with Gasteiger partial charge in [-0.15, -0.1) is 0 Å². The number of benzene rings is 1. The van der Waals surface area contributed by atoms with Crippen molar-refractivity contribution >= 4 is 6.08 Å². The molecule has 0 heterocycles. The first-order valence-corrected chi connectivity index (χ1v) is 5.00. The first-order chi connectivity index (χ1) is 6.24. The summed E-state index contributed by atoms with van der Waals surface area (Å²) in [6, 6.07) is 8.73. The number of allylic oxidation sites excluding steroid dienone is 1. The van der Waals surface area contributed by atoms with Gasteiger partial charge in [-0.25, -0.2) is 0 Å². The highest BCUT2D eigenvalue weighted by Gasteiger charge is 1.97. The van der Waals surface area contributed by atoms with E-state index in [0.717, 1.165) is 6.42 Å². The van der Waals surface area contributed by atoms with Gasteiger partial charge in [-0.3, -0.25) is 0 Å². The summed E-state index contributed by atoms with van der Waals surface area (Å²) < 4.78 is 0. The van der Waals surface area contributed by atoms with E-state index >= 15 is 0 Å². The Morgan fingerprint density at radius 1 is 1.29 bits per heavy atom. The molecule has 1 rings (SSSR count). The van der Waals surface area contributed by atoms with E-state index in [1.807, 2.05) is 0 Å². The van der Waals surface area contributed by atoms with Gasteiger partial charge < -0.3 is 0 Å². The molecule has 0 radical (unpaired) electrons. The molecule has 0 saturated carbocycles. The zero-order valence-electron chi connectivity index (χ0n) is 8.75. The lowest BCUT2D eigenvalue weighted by Crippen LogP contribution is -1.86. The van der Waals surface area contributed by atoms with E-state index in [1.165, 1.54) is 11.1 Å². The van der Waals surface area contributed by atoms with E-state index in [4.69, 9.17) is 0 Å². The Morgan fingerprint density at radius 2 is 2.00 bits per heavy atom. The van der Waals surface area contributed by atoms with Gasteiger partial charge in [-0.05, 0) is 23.5 Å². The van der Waals surface area contributed by atoms with Gasteiger partial charge in [0.1, 0.15) is 0 Å². The van der Waals surface area contributed by atoms with Crippen LogP contribution in [0.4, 0.5) is 0 Å². The molecule has 0 aliphatic rings. The van der Waals surface area contributed by atoms with Crippen molar-refractivity contribution in [2.45, 2.75) is 40.5 Å². The number of hydrogen-bond donors (Lipinski definition) is 0. The first-order valence-electron chi connectivity index (χ1n) is 5.00. The molecule has 0 bridgehead atoms. The van der Waals surface area contributed by atoms with E-state index in [-0.39, 0.29) is 7.43 Å². The van der Waals surface area contributed by atoms with Gasteiger partial charge in [0.15, 0.2) is 0 Å². The highest BCUT2D eigenvalue weighted by Crippen LogP contribution is 2.16. The lowest BCUT2D eigenvalue weighted by atomic mass is 10.0. The van der Waals surface area contributed by atoms with Crippen LogP contribution in [0.5, 0.6) is 0 Å². The number of rotatable bonds is 3. The number of hydrogen-bond acceptors (Lipinski definition) is 0. The molecule has 0 aromatic heterocycles. The van der Waals surface area contributed by atoms with Crippen molar-refractivity contribution in [3.05, 3.63) is 41.5 Å². The minimum atomic E-state index is 0. The monoisotopic (exact) mass is 190 g/mol. The van der Waals surface area contributed by atoms with Gasteiger partial charge in [0.05, 0.1) is 0 Å². The zero-order chi connectivity index (χ0) is 9.68. The van der Waals surface area contributed by atoms with Crippen LogP contribution >= 0.6 is 0 Å². The van der Waals surface area contributed by atoms with Gasteiger partial charge in [0.2, 0.25) is 0 Å². The fourth-order valence-electron chi connectivity index (χ4n) is 1.28. The van der Waals surface area contributed by atoms with Crippen LogP contribution in [0.3, 0.4) is 0 Å². The standard InChI is InChI=1S/C13H18.CH4/c1-4-5-7-12-8-6-9-13(10-12)11(2)3;/h5-11H,4H2,1-3H3;1H4/b7-5+;. The molecule has 0 aliphatic carbocycles. The smallest absolute Gasteiger partial charge is 0.0219 e. The van der Waals surface area contributed by atoms with Crippen molar-refractivity contribution in [2.24, 2.45) is 0 Å². The Balaban J connectivity index is 0.00000169. The SMILES string of the molecule is C.CC/C=C/c1cccc(C(C)C)c1. The Morgan fingerprint density at radius 3 is 2.57 bits per heavy atom. The second kappa shape index (κ2) is 6.42. The third-order valence-electron chi connectivity index (χ3n) is 2.12. The van der Waals surface area contributed by atoms with E-state index < -0.39 is 0 Å². The molecule has 1 aromatic carbocycles. The highest BCUT2D eigenvalue weighted by molar-refractivity contribution is 5.50. The van der Waals surface area contributed by atoms with E-state index in [2.05, 4.69) is 57.2 Å². The molecule has 0 unspecified atom stereocenters. The summed E-state index contributed by atoms with van der Waals surface area (Å²) >= 11 is 0. The Labute approximate surface area is 88.7 Å². The summed E-state index contributed by atoms with van der Waals surface area (Å²) in [6.07, 6.45) is 5.48. The molecule has 0 fully saturated rings. The van der Waals surface area contributed by atoms with Crippen molar-refractivity contribution in [3.63, 3.8) is 0 Å². The molecule has 0 saturated heterocycles. The summed E-state index contributed by atoms with van der Waals surface area (Å²) in [5.74, 6) is 0.620. The van der Waals surface area contributed by atoms with Gasteiger partial charge in [0, 0.05) is 0 Å². The van der Waals surface area contributed by atoms with Crippen molar-refractivity contribution in [2.75, 3.05) is 0 Å². The third-order valence-corrected chi connectivity index (χ3v) is 2.12. The summed E-state index contributed by atoms with van der Waals surface area (Å²) in [5, 5.41) is 0. The van der Waals surface area contributed by atoms with Crippen LogP contribution in [0.1, 0.15) is 51.7 Å². The molecule has 0 N–H and O–H groups in total. The molecule has 0 amide bonds. The molecule has 0 heteroatoms. The summed E-state index contributed by atoms with van der Waals surface area (Å²) in [6.45, 7) is 6.61. The predicted molar refractivity (Wildman–Crippen MR) is 66.6 cm³/mol. The topological polar surface area (TPSA) is 0 Å². The van der Waals surface area contributed by atoms with Crippen LogP contribution in [0.15, 0.2) is 30.3 Å². The minimum absolute atomic E-state index is 0. The lowest BCUT2D eigenvalue weighted by molar-refractivity contribution is 0.866. The van der Waals surface area contributed by atoms with E-state index in [9.17, 15) is 0 Å². The lowest BCUT2D eigenvalue weighted by Gasteiger charge is -2.05. The molecule has 14 heavy (non-hydrogen) atoms. The first kappa shape index (κ1) is 13.0. The van der Waals surface area contributed by atoms with Crippen molar-refractivity contribution < 1.29 is 0 Å². The van der Waals surface area contributed by atoms with Crippen molar-refractivity contribution in [1.82, 2.24) is 0 Å². The molecule has 0 nitrogen and oxygen atoms in total. The molecule has 0 atom stereocenters. The predicted octanol–water partition coefficient (Wildman–Crippen LogP) is 4.87. The molecule has 0 spiro atoms.